The van der Waals surface area contributed by atoms with Crippen molar-refractivity contribution in [3.63, 3.8) is 0 Å². The Kier molecular flexibility index (Phi) is 4.87. The number of esters is 1. The van der Waals surface area contributed by atoms with Gasteiger partial charge in [-0.1, -0.05) is 22.9 Å². The second-order valence-corrected chi connectivity index (χ2v) is 5.18. The van der Waals surface area contributed by atoms with Crippen LogP contribution in [0.4, 0.5) is 10.8 Å². The third kappa shape index (κ3) is 3.37. The highest BCUT2D eigenvalue weighted by molar-refractivity contribution is 7.18. The summed E-state index contributed by atoms with van der Waals surface area (Å²) in [5.74, 6) is 0.687. The fourth-order valence-corrected chi connectivity index (χ4v) is 2.73. The molecule has 0 bridgehead atoms. The predicted molar refractivity (Wildman–Crippen MR) is 81.3 cm³/mol. The third-order valence-electron chi connectivity index (χ3n) is 2.59. The molecule has 0 fully saturated rings. The number of methoxy groups -OCH3 is 3. The van der Waals surface area contributed by atoms with Gasteiger partial charge in [0.05, 0.1) is 21.3 Å². The number of rotatable bonds is 5. The van der Waals surface area contributed by atoms with Gasteiger partial charge < -0.3 is 19.5 Å². The lowest BCUT2D eigenvalue weighted by Gasteiger charge is -2.09. The van der Waals surface area contributed by atoms with Gasteiger partial charge in [-0.3, -0.25) is 0 Å². The number of thiazole rings is 1. The average molecular weight is 329 g/mol. The van der Waals surface area contributed by atoms with Gasteiger partial charge in [-0.15, -0.1) is 0 Å². The van der Waals surface area contributed by atoms with E-state index in [9.17, 15) is 4.79 Å². The molecular weight excluding hydrogens is 316 g/mol. The number of benzene rings is 1. The highest BCUT2D eigenvalue weighted by atomic mass is 35.5. The van der Waals surface area contributed by atoms with E-state index >= 15 is 0 Å². The van der Waals surface area contributed by atoms with Crippen molar-refractivity contribution in [2.24, 2.45) is 0 Å². The summed E-state index contributed by atoms with van der Waals surface area (Å²) in [4.78, 5) is 15.8. The molecule has 0 aliphatic carbocycles. The molecule has 6 nitrogen and oxygen atoms in total. The SMILES string of the molecule is COC(=O)c1sc(Nc2ccc(OC)c(OC)c2)nc1Cl. The van der Waals surface area contributed by atoms with Crippen molar-refractivity contribution in [3.05, 3.63) is 28.2 Å². The van der Waals surface area contributed by atoms with Crippen LogP contribution in [0.3, 0.4) is 0 Å². The normalized spacial score (nSPS) is 10.1. The first-order valence-corrected chi connectivity index (χ1v) is 7.02. The van der Waals surface area contributed by atoms with Gasteiger partial charge in [-0.05, 0) is 12.1 Å². The topological polar surface area (TPSA) is 69.7 Å². The van der Waals surface area contributed by atoms with E-state index in [0.29, 0.717) is 16.6 Å². The summed E-state index contributed by atoms with van der Waals surface area (Å²) in [6.07, 6.45) is 0. The minimum atomic E-state index is -0.516. The summed E-state index contributed by atoms with van der Waals surface area (Å²) >= 11 is 7.01. The van der Waals surface area contributed by atoms with Crippen LogP contribution in [0.25, 0.3) is 0 Å². The molecule has 8 heteroatoms. The number of ether oxygens (including phenoxy) is 3. The number of anilines is 2. The first-order valence-electron chi connectivity index (χ1n) is 5.82. The quantitative estimate of drug-likeness (QED) is 0.849. The van der Waals surface area contributed by atoms with Gasteiger partial charge in [-0.2, -0.15) is 0 Å². The van der Waals surface area contributed by atoms with Crippen molar-refractivity contribution in [1.82, 2.24) is 4.98 Å². The van der Waals surface area contributed by atoms with Gasteiger partial charge in [0.2, 0.25) is 0 Å². The van der Waals surface area contributed by atoms with E-state index in [-0.39, 0.29) is 10.0 Å². The number of aromatic nitrogens is 1. The zero-order chi connectivity index (χ0) is 15.4. The van der Waals surface area contributed by atoms with Gasteiger partial charge in [0.25, 0.3) is 0 Å². The van der Waals surface area contributed by atoms with Crippen LogP contribution < -0.4 is 14.8 Å². The van der Waals surface area contributed by atoms with Crippen molar-refractivity contribution in [2.75, 3.05) is 26.6 Å². The fraction of sp³-hybridized carbons (Fsp3) is 0.231. The highest BCUT2D eigenvalue weighted by Gasteiger charge is 2.17. The maximum absolute atomic E-state index is 11.5. The average Bonchev–Trinajstić information content (AvgIpc) is 2.86. The molecule has 0 aliphatic rings. The zero-order valence-electron chi connectivity index (χ0n) is 11.6. The van der Waals surface area contributed by atoms with E-state index in [1.807, 2.05) is 0 Å². The van der Waals surface area contributed by atoms with Crippen LogP contribution in [-0.4, -0.2) is 32.3 Å². The fourth-order valence-electron chi connectivity index (χ4n) is 1.61. The number of nitrogens with one attached hydrogen (secondary N) is 1. The molecule has 1 aromatic carbocycles. The minimum Gasteiger partial charge on any atom is -0.493 e. The zero-order valence-corrected chi connectivity index (χ0v) is 13.2. The summed E-state index contributed by atoms with van der Waals surface area (Å²) < 4.78 is 15.0. The van der Waals surface area contributed by atoms with Crippen LogP contribution >= 0.6 is 22.9 Å². The summed E-state index contributed by atoms with van der Waals surface area (Å²) in [7, 11) is 4.41. The lowest BCUT2D eigenvalue weighted by Crippen LogP contribution is -1.98. The Morgan fingerprint density at radius 2 is 1.95 bits per heavy atom. The van der Waals surface area contributed by atoms with Gasteiger partial charge in [0.1, 0.15) is 0 Å². The molecule has 112 valence electrons. The van der Waals surface area contributed by atoms with Crippen LogP contribution in [0, 0.1) is 0 Å². The highest BCUT2D eigenvalue weighted by Crippen LogP contribution is 2.33. The van der Waals surface area contributed by atoms with Crippen LogP contribution in [0.15, 0.2) is 18.2 Å². The molecule has 2 aromatic rings. The van der Waals surface area contributed by atoms with Crippen molar-refractivity contribution in [3.8, 4) is 11.5 Å². The van der Waals surface area contributed by atoms with Crippen molar-refractivity contribution < 1.29 is 19.0 Å². The van der Waals surface area contributed by atoms with Gasteiger partial charge in [0, 0.05) is 11.8 Å². The number of carbonyl (C=O) groups excluding carboxylic acids is 1. The lowest BCUT2D eigenvalue weighted by molar-refractivity contribution is 0.0606. The Morgan fingerprint density at radius 3 is 2.57 bits per heavy atom. The molecule has 0 saturated heterocycles. The lowest BCUT2D eigenvalue weighted by atomic mass is 10.3. The molecule has 0 saturated carbocycles. The van der Waals surface area contributed by atoms with E-state index in [2.05, 4.69) is 15.0 Å². The molecule has 2 rings (SSSR count). The Hall–Kier alpha value is -1.99. The Labute approximate surface area is 130 Å². The first kappa shape index (κ1) is 15.4. The monoisotopic (exact) mass is 328 g/mol. The van der Waals surface area contributed by atoms with Crippen molar-refractivity contribution >= 4 is 39.7 Å². The standard InChI is InChI=1S/C13H13ClN2O4S/c1-18-8-5-4-7(6-9(8)19-2)15-13-16-11(14)10(21-13)12(17)20-3/h4-6H,1-3H3,(H,15,16). The molecule has 21 heavy (non-hydrogen) atoms. The minimum absolute atomic E-state index is 0.106. The number of hydrogen-bond donors (Lipinski definition) is 1. The van der Waals surface area contributed by atoms with Crippen LogP contribution in [0.2, 0.25) is 5.15 Å². The summed E-state index contributed by atoms with van der Waals surface area (Å²) in [6, 6.07) is 5.32. The predicted octanol–water partition coefficient (Wildman–Crippen LogP) is 3.34. The molecular formula is C13H13ClN2O4S. The van der Waals surface area contributed by atoms with E-state index in [1.54, 1.807) is 32.4 Å². The number of nitrogens with zero attached hydrogens (tertiary/aromatic N) is 1. The van der Waals surface area contributed by atoms with Crippen molar-refractivity contribution in [2.45, 2.75) is 0 Å². The Bertz CT molecular complexity index is 660. The summed E-state index contributed by atoms with van der Waals surface area (Å²) in [5, 5.41) is 3.64. The molecule has 0 atom stereocenters. The van der Waals surface area contributed by atoms with Gasteiger partial charge in [-0.25, -0.2) is 9.78 Å². The number of hydrogen-bond acceptors (Lipinski definition) is 7. The van der Waals surface area contributed by atoms with E-state index in [0.717, 1.165) is 17.0 Å². The molecule has 0 unspecified atom stereocenters. The van der Waals surface area contributed by atoms with E-state index < -0.39 is 5.97 Å². The molecule has 0 spiro atoms. The Morgan fingerprint density at radius 1 is 1.24 bits per heavy atom. The molecule has 1 N–H and O–H groups in total. The Balaban J connectivity index is 2.24. The maximum Gasteiger partial charge on any atom is 0.351 e. The molecule has 0 radical (unpaired) electrons. The number of halogens is 1. The maximum atomic E-state index is 11.5. The second kappa shape index (κ2) is 6.64. The third-order valence-corrected chi connectivity index (χ3v) is 3.93. The second-order valence-electron chi connectivity index (χ2n) is 3.83. The van der Waals surface area contributed by atoms with Gasteiger partial charge in [0.15, 0.2) is 26.7 Å². The van der Waals surface area contributed by atoms with Crippen molar-refractivity contribution in [1.29, 1.82) is 0 Å². The smallest absolute Gasteiger partial charge is 0.351 e. The first-order chi connectivity index (χ1) is 10.1. The summed E-state index contributed by atoms with van der Waals surface area (Å²) in [5.41, 5.74) is 0.731. The molecule has 0 aliphatic heterocycles. The van der Waals surface area contributed by atoms with Crippen LogP contribution in [-0.2, 0) is 4.74 Å². The summed E-state index contributed by atoms with van der Waals surface area (Å²) in [6.45, 7) is 0. The number of carbonyl (C=O) groups is 1. The van der Waals surface area contributed by atoms with Crippen LogP contribution in [0.5, 0.6) is 11.5 Å². The molecule has 0 amide bonds. The molecule has 1 aromatic heterocycles. The largest absolute Gasteiger partial charge is 0.493 e. The molecule has 1 heterocycles. The van der Waals surface area contributed by atoms with E-state index in [1.165, 1.54) is 7.11 Å². The van der Waals surface area contributed by atoms with E-state index in [4.69, 9.17) is 21.1 Å². The van der Waals surface area contributed by atoms with Gasteiger partial charge >= 0.3 is 5.97 Å². The van der Waals surface area contributed by atoms with Crippen LogP contribution in [0.1, 0.15) is 9.67 Å².